The number of rotatable bonds is 5. The Morgan fingerprint density at radius 3 is 2.75 bits per heavy atom. The van der Waals surface area contributed by atoms with Crippen LogP contribution >= 0.6 is 11.6 Å². The van der Waals surface area contributed by atoms with E-state index in [4.69, 9.17) is 11.6 Å². The quantitative estimate of drug-likeness (QED) is 0.911. The van der Waals surface area contributed by atoms with E-state index in [1.54, 1.807) is 16.8 Å². The molecule has 0 aliphatic heterocycles. The summed E-state index contributed by atoms with van der Waals surface area (Å²) < 4.78 is 15.4. The van der Waals surface area contributed by atoms with Gasteiger partial charge in [0.1, 0.15) is 5.82 Å². The third-order valence-electron chi connectivity index (χ3n) is 3.14. The fourth-order valence-corrected chi connectivity index (χ4v) is 2.20. The van der Waals surface area contributed by atoms with Gasteiger partial charge in [-0.25, -0.2) is 9.07 Å². The van der Waals surface area contributed by atoms with Crippen LogP contribution in [0, 0.1) is 5.82 Å². The second-order valence-corrected chi connectivity index (χ2v) is 5.42. The summed E-state index contributed by atoms with van der Waals surface area (Å²) in [5, 5.41) is 7.87. The van der Waals surface area contributed by atoms with Crippen LogP contribution in [0.15, 0.2) is 24.4 Å². The summed E-state index contributed by atoms with van der Waals surface area (Å²) in [7, 11) is 0. The van der Waals surface area contributed by atoms with Crippen molar-refractivity contribution in [3.63, 3.8) is 0 Å². The first-order valence-electron chi connectivity index (χ1n) is 6.77. The van der Waals surface area contributed by atoms with Crippen molar-refractivity contribution in [3.8, 4) is 5.69 Å². The molecule has 2 rings (SSSR count). The molecule has 0 unspecified atom stereocenters. The van der Waals surface area contributed by atoms with Crippen LogP contribution < -0.4 is 5.32 Å². The molecular weight excluding hydrogens is 277 g/mol. The molecule has 1 heterocycles. The molecule has 20 heavy (non-hydrogen) atoms. The van der Waals surface area contributed by atoms with Crippen molar-refractivity contribution in [1.29, 1.82) is 0 Å². The Balaban J connectivity index is 2.34. The first-order chi connectivity index (χ1) is 9.52. The van der Waals surface area contributed by atoms with Gasteiger partial charge in [0.15, 0.2) is 0 Å². The fourth-order valence-electron chi connectivity index (χ4n) is 2.09. The van der Waals surface area contributed by atoms with Gasteiger partial charge in [-0.05, 0) is 18.6 Å². The highest BCUT2D eigenvalue weighted by Gasteiger charge is 2.12. The lowest BCUT2D eigenvalue weighted by Gasteiger charge is -2.10. The van der Waals surface area contributed by atoms with Gasteiger partial charge in [-0.3, -0.25) is 0 Å². The minimum Gasteiger partial charge on any atom is -0.310 e. The van der Waals surface area contributed by atoms with Gasteiger partial charge in [0.2, 0.25) is 0 Å². The van der Waals surface area contributed by atoms with E-state index in [1.807, 2.05) is 6.20 Å². The van der Waals surface area contributed by atoms with Crippen molar-refractivity contribution >= 4 is 11.6 Å². The molecule has 0 radical (unpaired) electrons. The molecule has 1 aromatic heterocycles. The van der Waals surface area contributed by atoms with Crippen molar-refractivity contribution in [2.75, 3.05) is 0 Å². The largest absolute Gasteiger partial charge is 0.310 e. The molecule has 3 nitrogen and oxygen atoms in total. The molecular formula is C15H19ClFN3. The molecule has 0 bridgehead atoms. The predicted molar refractivity (Wildman–Crippen MR) is 79.9 cm³/mol. The number of hydrogen-bond acceptors (Lipinski definition) is 2. The average Bonchev–Trinajstić information content (AvgIpc) is 2.82. The Morgan fingerprint density at radius 1 is 1.40 bits per heavy atom. The van der Waals surface area contributed by atoms with E-state index in [0.717, 1.165) is 24.2 Å². The fraction of sp³-hybridized carbons (Fsp3) is 0.400. The average molecular weight is 296 g/mol. The molecule has 1 aromatic carbocycles. The standard InChI is InChI=1S/C15H19ClFN3/c1-4-15-11(8-18-10(2)3)9-19-20(15)12-5-6-13(16)14(17)7-12/h5-7,9-10,18H,4,8H2,1-3H3. The molecule has 2 aromatic rings. The highest BCUT2D eigenvalue weighted by molar-refractivity contribution is 6.30. The van der Waals surface area contributed by atoms with E-state index < -0.39 is 5.82 Å². The van der Waals surface area contributed by atoms with Crippen molar-refractivity contribution in [1.82, 2.24) is 15.1 Å². The molecule has 0 aliphatic rings. The topological polar surface area (TPSA) is 29.9 Å². The smallest absolute Gasteiger partial charge is 0.143 e. The summed E-state index contributed by atoms with van der Waals surface area (Å²) in [5.74, 6) is -0.427. The summed E-state index contributed by atoms with van der Waals surface area (Å²) in [6.07, 6.45) is 2.67. The second-order valence-electron chi connectivity index (χ2n) is 5.02. The third kappa shape index (κ3) is 3.19. The predicted octanol–water partition coefficient (Wildman–Crippen LogP) is 3.73. The van der Waals surface area contributed by atoms with Gasteiger partial charge in [0, 0.05) is 29.9 Å². The van der Waals surface area contributed by atoms with Crippen LogP contribution in [-0.2, 0) is 13.0 Å². The Morgan fingerprint density at radius 2 is 2.15 bits per heavy atom. The first kappa shape index (κ1) is 15.0. The van der Waals surface area contributed by atoms with Crippen LogP contribution in [0.1, 0.15) is 32.0 Å². The van der Waals surface area contributed by atoms with Crippen molar-refractivity contribution in [2.45, 2.75) is 39.8 Å². The molecule has 1 N–H and O–H groups in total. The Bertz CT molecular complexity index is 593. The molecule has 0 fully saturated rings. The SMILES string of the molecule is CCc1c(CNC(C)C)cnn1-c1ccc(Cl)c(F)c1. The van der Waals surface area contributed by atoms with Crippen molar-refractivity contribution < 1.29 is 4.39 Å². The van der Waals surface area contributed by atoms with E-state index in [0.29, 0.717) is 11.7 Å². The number of halogens is 2. The minimum atomic E-state index is -0.427. The molecule has 0 saturated heterocycles. The highest BCUT2D eigenvalue weighted by atomic mass is 35.5. The van der Waals surface area contributed by atoms with Crippen molar-refractivity contribution in [2.24, 2.45) is 0 Å². The van der Waals surface area contributed by atoms with Gasteiger partial charge in [0.05, 0.1) is 16.9 Å². The monoisotopic (exact) mass is 295 g/mol. The van der Waals surface area contributed by atoms with Crippen LogP contribution in [0.25, 0.3) is 5.69 Å². The third-order valence-corrected chi connectivity index (χ3v) is 3.45. The summed E-state index contributed by atoms with van der Waals surface area (Å²) in [6.45, 7) is 7.03. The number of aromatic nitrogens is 2. The lowest BCUT2D eigenvalue weighted by Crippen LogP contribution is -2.22. The minimum absolute atomic E-state index is 0.126. The van der Waals surface area contributed by atoms with Crippen molar-refractivity contribution in [3.05, 3.63) is 46.5 Å². The Kier molecular flexibility index (Phi) is 4.78. The van der Waals surface area contributed by atoms with Crippen LogP contribution in [0.2, 0.25) is 5.02 Å². The van der Waals surface area contributed by atoms with Crippen LogP contribution in [-0.4, -0.2) is 15.8 Å². The van der Waals surface area contributed by atoms with Gasteiger partial charge in [-0.1, -0.05) is 32.4 Å². The van der Waals surface area contributed by atoms with Crippen LogP contribution in [0.5, 0.6) is 0 Å². The maximum absolute atomic E-state index is 13.6. The maximum Gasteiger partial charge on any atom is 0.143 e. The summed E-state index contributed by atoms with van der Waals surface area (Å²) in [6, 6.07) is 5.15. The van der Waals surface area contributed by atoms with Crippen LogP contribution in [0.4, 0.5) is 4.39 Å². The molecule has 0 aliphatic carbocycles. The summed E-state index contributed by atoms with van der Waals surface area (Å²) in [4.78, 5) is 0. The van der Waals surface area contributed by atoms with Crippen LogP contribution in [0.3, 0.4) is 0 Å². The Labute approximate surface area is 123 Å². The maximum atomic E-state index is 13.6. The van der Waals surface area contributed by atoms with E-state index in [1.165, 1.54) is 6.07 Å². The van der Waals surface area contributed by atoms with Gasteiger partial charge >= 0.3 is 0 Å². The number of nitrogens with one attached hydrogen (secondary N) is 1. The number of benzene rings is 1. The molecule has 0 atom stereocenters. The zero-order chi connectivity index (χ0) is 14.7. The second kappa shape index (κ2) is 6.37. The number of nitrogens with zero attached hydrogens (tertiary/aromatic N) is 2. The zero-order valence-corrected chi connectivity index (χ0v) is 12.7. The van der Waals surface area contributed by atoms with Gasteiger partial charge in [-0.15, -0.1) is 0 Å². The molecule has 0 spiro atoms. The normalized spacial score (nSPS) is 11.3. The van der Waals surface area contributed by atoms with E-state index >= 15 is 0 Å². The molecule has 108 valence electrons. The zero-order valence-electron chi connectivity index (χ0n) is 12.0. The molecule has 0 saturated carbocycles. The number of hydrogen-bond donors (Lipinski definition) is 1. The van der Waals surface area contributed by atoms with Gasteiger partial charge in [0.25, 0.3) is 0 Å². The summed E-state index contributed by atoms with van der Waals surface area (Å²) in [5.41, 5.74) is 2.91. The lowest BCUT2D eigenvalue weighted by molar-refractivity contribution is 0.586. The summed E-state index contributed by atoms with van der Waals surface area (Å²) >= 11 is 5.72. The van der Waals surface area contributed by atoms with Gasteiger partial charge < -0.3 is 5.32 Å². The Hall–Kier alpha value is -1.39. The molecule has 0 amide bonds. The first-order valence-corrected chi connectivity index (χ1v) is 7.15. The van der Waals surface area contributed by atoms with E-state index in [2.05, 4.69) is 31.2 Å². The highest BCUT2D eigenvalue weighted by Crippen LogP contribution is 2.21. The molecule has 5 heteroatoms. The lowest BCUT2D eigenvalue weighted by atomic mass is 10.2. The van der Waals surface area contributed by atoms with E-state index in [9.17, 15) is 4.39 Å². The van der Waals surface area contributed by atoms with Gasteiger partial charge in [-0.2, -0.15) is 5.10 Å². The van der Waals surface area contributed by atoms with E-state index in [-0.39, 0.29) is 5.02 Å².